The van der Waals surface area contributed by atoms with Gasteiger partial charge in [0.05, 0.1) is 32.3 Å². The van der Waals surface area contributed by atoms with Gasteiger partial charge in [-0.05, 0) is 37.3 Å². The van der Waals surface area contributed by atoms with Crippen LogP contribution in [0.15, 0.2) is 57.9 Å². The van der Waals surface area contributed by atoms with Crippen LogP contribution in [0, 0.1) is 6.92 Å². The van der Waals surface area contributed by atoms with Crippen LogP contribution >= 0.6 is 11.6 Å². The summed E-state index contributed by atoms with van der Waals surface area (Å²) in [5, 5.41) is 4.37. The molecular formula is C17H13ClN4O2S. The number of rotatable bonds is 4. The van der Waals surface area contributed by atoms with Gasteiger partial charge < -0.3 is 9.51 Å². The molecule has 0 fully saturated rings. The minimum atomic E-state index is -1.45. The van der Waals surface area contributed by atoms with Crippen LogP contribution in [-0.4, -0.2) is 19.3 Å². The highest BCUT2D eigenvalue weighted by molar-refractivity contribution is 7.86. The third-order valence-electron chi connectivity index (χ3n) is 3.61. The molecule has 0 aliphatic carbocycles. The van der Waals surface area contributed by atoms with E-state index in [2.05, 4.69) is 19.8 Å². The predicted octanol–water partition coefficient (Wildman–Crippen LogP) is 4.31. The van der Waals surface area contributed by atoms with E-state index in [-0.39, 0.29) is 0 Å². The zero-order valence-electron chi connectivity index (χ0n) is 13.1. The highest BCUT2D eigenvalue weighted by Crippen LogP contribution is 2.25. The van der Waals surface area contributed by atoms with Crippen molar-refractivity contribution in [1.29, 1.82) is 0 Å². The lowest BCUT2D eigenvalue weighted by Crippen LogP contribution is -2.04. The van der Waals surface area contributed by atoms with Gasteiger partial charge in [0, 0.05) is 6.07 Å². The topological polar surface area (TPSA) is 83.8 Å². The number of hydrogen-bond donors (Lipinski definition) is 2. The smallest absolute Gasteiger partial charge is 0.202 e. The SMILES string of the molecule is Cc1cc(-c2nc3ccc(S(=O)Nc4ccccc4Cl)cc3[nH]2)on1. The van der Waals surface area contributed by atoms with E-state index in [1.165, 1.54) is 0 Å². The van der Waals surface area contributed by atoms with Gasteiger partial charge in [-0.1, -0.05) is 28.9 Å². The van der Waals surface area contributed by atoms with Crippen molar-refractivity contribution in [1.82, 2.24) is 15.1 Å². The molecule has 0 aliphatic heterocycles. The number of nitrogens with one attached hydrogen (secondary N) is 2. The molecule has 2 aromatic heterocycles. The summed E-state index contributed by atoms with van der Waals surface area (Å²) in [6.07, 6.45) is 0. The molecule has 0 bridgehead atoms. The standard InChI is InChI=1S/C17H13ClN4O2S/c1-10-8-16(24-21-10)17-19-14-7-6-11(9-15(14)20-17)25(23)22-13-5-3-2-4-12(13)18/h2-9,22H,1H3,(H,19,20). The number of fused-ring (bicyclic) bond motifs is 1. The van der Waals surface area contributed by atoms with E-state index in [4.69, 9.17) is 16.1 Å². The summed E-state index contributed by atoms with van der Waals surface area (Å²) in [4.78, 5) is 8.24. The van der Waals surface area contributed by atoms with Crippen molar-refractivity contribution in [2.24, 2.45) is 0 Å². The first-order chi connectivity index (χ1) is 12.1. The van der Waals surface area contributed by atoms with Crippen LogP contribution in [0.2, 0.25) is 5.02 Å². The lowest BCUT2D eigenvalue weighted by molar-refractivity contribution is 0.425. The Kier molecular flexibility index (Phi) is 4.03. The minimum Gasteiger partial charge on any atom is -0.353 e. The normalized spacial score (nSPS) is 12.4. The molecule has 1 unspecified atom stereocenters. The van der Waals surface area contributed by atoms with Crippen molar-refractivity contribution in [2.75, 3.05) is 4.72 Å². The van der Waals surface area contributed by atoms with E-state index in [0.29, 0.717) is 27.2 Å². The maximum absolute atomic E-state index is 12.6. The number of anilines is 1. The molecule has 2 N–H and O–H groups in total. The Bertz CT molecular complexity index is 1090. The fourth-order valence-electron chi connectivity index (χ4n) is 2.40. The maximum Gasteiger partial charge on any atom is 0.202 e. The summed E-state index contributed by atoms with van der Waals surface area (Å²) >= 11 is 6.09. The Labute approximate surface area is 150 Å². The summed E-state index contributed by atoms with van der Waals surface area (Å²) in [5.41, 5.74) is 2.91. The molecule has 4 aromatic rings. The van der Waals surface area contributed by atoms with Crippen molar-refractivity contribution in [3.8, 4) is 11.6 Å². The van der Waals surface area contributed by atoms with Crippen molar-refractivity contribution in [3.05, 3.63) is 59.2 Å². The molecular weight excluding hydrogens is 360 g/mol. The summed E-state index contributed by atoms with van der Waals surface area (Å²) in [7, 11) is -1.45. The second-order valence-corrected chi connectivity index (χ2v) is 7.07. The third-order valence-corrected chi connectivity index (χ3v) is 5.02. The Morgan fingerprint density at radius 2 is 2.04 bits per heavy atom. The van der Waals surface area contributed by atoms with E-state index < -0.39 is 11.0 Å². The van der Waals surface area contributed by atoms with Gasteiger partial charge in [-0.2, -0.15) is 0 Å². The number of imidazole rings is 1. The van der Waals surface area contributed by atoms with Gasteiger partial charge in [0.1, 0.15) is 11.0 Å². The third kappa shape index (κ3) is 3.16. The van der Waals surface area contributed by atoms with E-state index in [9.17, 15) is 4.21 Å². The van der Waals surface area contributed by atoms with Crippen LogP contribution in [0.3, 0.4) is 0 Å². The van der Waals surface area contributed by atoms with Crippen LogP contribution < -0.4 is 4.72 Å². The molecule has 0 saturated carbocycles. The van der Waals surface area contributed by atoms with Crippen LogP contribution in [0.1, 0.15) is 5.69 Å². The summed E-state index contributed by atoms with van der Waals surface area (Å²) < 4.78 is 20.7. The number of nitrogens with zero attached hydrogens (tertiary/aromatic N) is 2. The van der Waals surface area contributed by atoms with Gasteiger partial charge in [-0.3, -0.25) is 4.72 Å². The van der Waals surface area contributed by atoms with Gasteiger partial charge >= 0.3 is 0 Å². The maximum atomic E-state index is 12.6. The summed E-state index contributed by atoms with van der Waals surface area (Å²) in [6, 6.07) is 14.3. The monoisotopic (exact) mass is 372 g/mol. The van der Waals surface area contributed by atoms with Gasteiger partial charge in [0.2, 0.25) is 5.76 Å². The second-order valence-electron chi connectivity index (χ2n) is 5.45. The molecule has 0 spiro atoms. The molecule has 1 atom stereocenters. The van der Waals surface area contributed by atoms with Crippen molar-refractivity contribution < 1.29 is 8.73 Å². The van der Waals surface area contributed by atoms with E-state index in [1.54, 1.807) is 36.4 Å². The number of aryl methyl sites for hydroxylation is 1. The first kappa shape index (κ1) is 15.9. The molecule has 0 radical (unpaired) electrons. The first-order valence-corrected chi connectivity index (χ1v) is 8.99. The molecule has 25 heavy (non-hydrogen) atoms. The average Bonchev–Trinajstić information content (AvgIpc) is 3.22. The zero-order chi connectivity index (χ0) is 17.4. The summed E-state index contributed by atoms with van der Waals surface area (Å²) in [5.74, 6) is 1.14. The Hall–Kier alpha value is -2.64. The fraction of sp³-hybridized carbons (Fsp3) is 0.0588. The largest absolute Gasteiger partial charge is 0.353 e. The first-order valence-electron chi connectivity index (χ1n) is 7.46. The second kappa shape index (κ2) is 6.34. The molecule has 126 valence electrons. The van der Waals surface area contributed by atoms with E-state index in [0.717, 1.165) is 16.7 Å². The van der Waals surface area contributed by atoms with Crippen LogP contribution in [0.4, 0.5) is 5.69 Å². The quantitative estimate of drug-likeness (QED) is 0.559. The van der Waals surface area contributed by atoms with Crippen LogP contribution in [-0.2, 0) is 11.0 Å². The van der Waals surface area contributed by atoms with E-state index >= 15 is 0 Å². The van der Waals surface area contributed by atoms with Gasteiger partial charge in [0.25, 0.3) is 0 Å². The highest BCUT2D eigenvalue weighted by atomic mass is 35.5. The van der Waals surface area contributed by atoms with Crippen molar-refractivity contribution in [3.63, 3.8) is 0 Å². The number of halogens is 1. The summed E-state index contributed by atoms with van der Waals surface area (Å²) in [6.45, 7) is 1.84. The molecule has 4 rings (SSSR count). The minimum absolute atomic E-state index is 0.515. The molecule has 2 aromatic carbocycles. The van der Waals surface area contributed by atoms with Crippen molar-refractivity contribution in [2.45, 2.75) is 11.8 Å². The van der Waals surface area contributed by atoms with Crippen molar-refractivity contribution >= 4 is 39.3 Å². The fourth-order valence-corrected chi connectivity index (χ4v) is 3.55. The Balaban J connectivity index is 1.64. The number of hydrogen-bond acceptors (Lipinski definition) is 4. The molecule has 2 heterocycles. The average molecular weight is 373 g/mol. The van der Waals surface area contributed by atoms with Gasteiger partial charge in [0.15, 0.2) is 5.82 Å². The molecule has 0 amide bonds. The number of aromatic nitrogens is 3. The molecule has 6 nitrogen and oxygen atoms in total. The number of aromatic amines is 1. The molecule has 0 aliphatic rings. The lowest BCUT2D eigenvalue weighted by atomic mass is 10.3. The number of H-pyrrole nitrogens is 1. The lowest BCUT2D eigenvalue weighted by Gasteiger charge is -2.07. The Morgan fingerprint density at radius 3 is 2.80 bits per heavy atom. The number of para-hydroxylation sites is 1. The Morgan fingerprint density at radius 1 is 1.20 bits per heavy atom. The van der Waals surface area contributed by atoms with Gasteiger partial charge in [-0.25, -0.2) is 9.19 Å². The van der Waals surface area contributed by atoms with Gasteiger partial charge in [-0.15, -0.1) is 0 Å². The molecule has 0 saturated heterocycles. The van der Waals surface area contributed by atoms with Crippen LogP contribution in [0.25, 0.3) is 22.6 Å². The zero-order valence-corrected chi connectivity index (χ0v) is 14.7. The van der Waals surface area contributed by atoms with E-state index in [1.807, 2.05) is 19.1 Å². The van der Waals surface area contributed by atoms with Crippen LogP contribution in [0.5, 0.6) is 0 Å². The molecule has 8 heteroatoms. The number of benzene rings is 2. The highest BCUT2D eigenvalue weighted by Gasteiger charge is 2.12. The predicted molar refractivity (Wildman–Crippen MR) is 97.8 cm³/mol.